The number of rotatable bonds is 7. The molecule has 1 unspecified atom stereocenters. The van der Waals surface area contributed by atoms with E-state index in [1.165, 1.54) is 5.56 Å². The lowest BCUT2D eigenvalue weighted by atomic mass is 9.97. The fraction of sp³-hybridized carbons (Fsp3) is 0.458. The predicted octanol–water partition coefficient (Wildman–Crippen LogP) is 3.84. The molecule has 1 N–H and O–H groups in total. The molecule has 2 aliphatic rings. The van der Waals surface area contributed by atoms with E-state index < -0.39 is 0 Å². The number of anilines is 1. The molecule has 1 atom stereocenters. The maximum Gasteiger partial charge on any atom is 0.321 e. The standard InChI is InChI=1S/C24H31N3O4/c1-26(24(28)25-20-9-10-22-23(14-20)31-17-30-22)15-18-6-5-12-27(16-18)13-11-19-7-3-4-8-21(19)29-2/h3-4,7-10,14,18H,5-6,11-13,15-17H2,1-2H3,(H,25,28). The topological polar surface area (TPSA) is 63.3 Å². The highest BCUT2D eigenvalue weighted by molar-refractivity contribution is 5.89. The van der Waals surface area contributed by atoms with E-state index in [2.05, 4.69) is 22.3 Å². The van der Waals surface area contributed by atoms with Crippen LogP contribution in [0.1, 0.15) is 18.4 Å². The van der Waals surface area contributed by atoms with Gasteiger partial charge in [0, 0.05) is 38.4 Å². The molecule has 2 aliphatic heterocycles. The van der Waals surface area contributed by atoms with E-state index in [-0.39, 0.29) is 12.8 Å². The number of nitrogens with one attached hydrogen (secondary N) is 1. The van der Waals surface area contributed by atoms with Crippen molar-refractivity contribution >= 4 is 11.7 Å². The Labute approximate surface area is 183 Å². The number of likely N-dealkylation sites (tertiary alicyclic amines) is 1. The highest BCUT2D eigenvalue weighted by Crippen LogP contribution is 2.34. The van der Waals surface area contributed by atoms with Gasteiger partial charge in [0.25, 0.3) is 0 Å². The minimum Gasteiger partial charge on any atom is -0.496 e. The van der Waals surface area contributed by atoms with Crippen molar-refractivity contribution in [1.82, 2.24) is 9.80 Å². The van der Waals surface area contributed by atoms with E-state index in [0.29, 0.717) is 23.1 Å². The molecule has 4 rings (SSSR count). The molecule has 7 heteroatoms. The number of carbonyl (C=O) groups is 1. The highest BCUT2D eigenvalue weighted by atomic mass is 16.7. The van der Waals surface area contributed by atoms with E-state index in [9.17, 15) is 4.79 Å². The van der Waals surface area contributed by atoms with Crippen LogP contribution in [0.15, 0.2) is 42.5 Å². The third-order valence-corrected chi connectivity index (χ3v) is 6.00. The summed E-state index contributed by atoms with van der Waals surface area (Å²) in [5.74, 6) is 2.80. The minimum absolute atomic E-state index is 0.106. The van der Waals surface area contributed by atoms with Crippen molar-refractivity contribution in [2.45, 2.75) is 19.3 Å². The molecule has 31 heavy (non-hydrogen) atoms. The number of para-hydroxylation sites is 1. The Morgan fingerprint density at radius 3 is 2.94 bits per heavy atom. The number of fused-ring (bicyclic) bond motifs is 1. The molecular formula is C24H31N3O4. The SMILES string of the molecule is COc1ccccc1CCN1CCCC(CN(C)C(=O)Nc2ccc3c(c2)OCO3)C1. The quantitative estimate of drug-likeness (QED) is 0.730. The van der Waals surface area contributed by atoms with E-state index in [0.717, 1.165) is 51.2 Å². The van der Waals surface area contributed by atoms with Crippen molar-refractivity contribution in [3.05, 3.63) is 48.0 Å². The van der Waals surface area contributed by atoms with Crippen molar-refractivity contribution in [2.24, 2.45) is 5.92 Å². The van der Waals surface area contributed by atoms with Gasteiger partial charge in [-0.25, -0.2) is 4.79 Å². The Morgan fingerprint density at radius 2 is 2.06 bits per heavy atom. The van der Waals surface area contributed by atoms with Crippen LogP contribution < -0.4 is 19.5 Å². The maximum absolute atomic E-state index is 12.7. The van der Waals surface area contributed by atoms with E-state index in [4.69, 9.17) is 14.2 Å². The molecule has 2 aromatic carbocycles. The summed E-state index contributed by atoms with van der Waals surface area (Å²) < 4.78 is 16.2. The highest BCUT2D eigenvalue weighted by Gasteiger charge is 2.23. The lowest BCUT2D eigenvalue weighted by Gasteiger charge is -2.34. The normalized spacial score (nSPS) is 17.9. The van der Waals surface area contributed by atoms with Crippen LogP contribution in [0.2, 0.25) is 0 Å². The molecule has 2 amide bonds. The number of urea groups is 1. The summed E-state index contributed by atoms with van der Waals surface area (Å²) in [6.45, 7) is 4.09. The smallest absolute Gasteiger partial charge is 0.321 e. The molecule has 7 nitrogen and oxygen atoms in total. The fourth-order valence-corrected chi connectivity index (χ4v) is 4.35. The van der Waals surface area contributed by atoms with Crippen LogP contribution in [0.3, 0.4) is 0 Å². The Hall–Kier alpha value is -2.93. The van der Waals surface area contributed by atoms with Crippen molar-refractivity contribution in [3.8, 4) is 17.2 Å². The second-order valence-electron chi connectivity index (χ2n) is 8.25. The third kappa shape index (κ3) is 5.41. The average Bonchev–Trinajstić information content (AvgIpc) is 3.26. The molecule has 166 valence electrons. The average molecular weight is 426 g/mol. The van der Waals surface area contributed by atoms with Crippen molar-refractivity contribution in [2.75, 3.05) is 52.4 Å². The van der Waals surface area contributed by atoms with Crippen LogP contribution in [0.5, 0.6) is 17.2 Å². The van der Waals surface area contributed by atoms with Gasteiger partial charge in [-0.1, -0.05) is 18.2 Å². The molecule has 2 heterocycles. The minimum atomic E-state index is -0.106. The lowest BCUT2D eigenvalue weighted by Crippen LogP contribution is -2.43. The summed E-state index contributed by atoms with van der Waals surface area (Å²) in [5, 5.41) is 2.96. The van der Waals surface area contributed by atoms with Gasteiger partial charge in [-0.05, 0) is 55.5 Å². The first kappa shape index (κ1) is 21.3. The summed E-state index contributed by atoms with van der Waals surface area (Å²) >= 11 is 0. The zero-order valence-corrected chi connectivity index (χ0v) is 18.3. The molecule has 0 saturated carbocycles. The van der Waals surface area contributed by atoms with Crippen molar-refractivity contribution in [1.29, 1.82) is 0 Å². The van der Waals surface area contributed by atoms with Crippen molar-refractivity contribution < 1.29 is 19.0 Å². The molecule has 0 aromatic heterocycles. The lowest BCUT2D eigenvalue weighted by molar-refractivity contribution is 0.150. The second kappa shape index (κ2) is 9.92. The Bertz CT molecular complexity index is 904. The fourth-order valence-electron chi connectivity index (χ4n) is 4.35. The van der Waals surface area contributed by atoms with Crippen LogP contribution in [0.25, 0.3) is 0 Å². The maximum atomic E-state index is 12.7. The van der Waals surface area contributed by atoms with Crippen molar-refractivity contribution in [3.63, 3.8) is 0 Å². The Kier molecular flexibility index (Phi) is 6.82. The number of methoxy groups -OCH3 is 1. The van der Waals surface area contributed by atoms with Gasteiger partial charge in [0.1, 0.15) is 5.75 Å². The number of benzene rings is 2. The first-order chi connectivity index (χ1) is 15.1. The van der Waals surface area contributed by atoms with Crippen LogP contribution >= 0.6 is 0 Å². The monoisotopic (exact) mass is 425 g/mol. The van der Waals surface area contributed by atoms with Gasteiger partial charge in [0.15, 0.2) is 11.5 Å². The number of hydrogen-bond acceptors (Lipinski definition) is 5. The van der Waals surface area contributed by atoms with E-state index >= 15 is 0 Å². The van der Waals surface area contributed by atoms with Gasteiger partial charge in [0.2, 0.25) is 6.79 Å². The van der Waals surface area contributed by atoms with Crippen LogP contribution in [0.4, 0.5) is 10.5 Å². The largest absolute Gasteiger partial charge is 0.496 e. The molecule has 1 saturated heterocycles. The molecule has 0 radical (unpaired) electrons. The Morgan fingerprint density at radius 1 is 1.23 bits per heavy atom. The van der Waals surface area contributed by atoms with Crippen LogP contribution in [0, 0.1) is 5.92 Å². The zero-order chi connectivity index (χ0) is 21.6. The number of carbonyl (C=O) groups excluding carboxylic acids is 1. The van der Waals surface area contributed by atoms with Crippen LogP contribution in [-0.2, 0) is 6.42 Å². The molecule has 0 bridgehead atoms. The summed E-state index contributed by atoms with van der Waals surface area (Å²) in [6.07, 6.45) is 3.28. The summed E-state index contributed by atoms with van der Waals surface area (Å²) in [7, 11) is 3.58. The summed E-state index contributed by atoms with van der Waals surface area (Å²) in [5.41, 5.74) is 1.95. The number of ether oxygens (including phenoxy) is 3. The number of nitrogens with zero attached hydrogens (tertiary/aromatic N) is 2. The van der Waals surface area contributed by atoms with Gasteiger partial charge in [-0.2, -0.15) is 0 Å². The van der Waals surface area contributed by atoms with Gasteiger partial charge in [-0.15, -0.1) is 0 Å². The van der Waals surface area contributed by atoms with E-state index in [1.807, 2.05) is 31.3 Å². The third-order valence-electron chi connectivity index (χ3n) is 6.00. The molecule has 2 aromatic rings. The van der Waals surface area contributed by atoms with Crippen LogP contribution in [-0.4, -0.2) is 63.0 Å². The molecule has 1 fully saturated rings. The second-order valence-corrected chi connectivity index (χ2v) is 8.25. The first-order valence-electron chi connectivity index (χ1n) is 10.9. The molecular weight excluding hydrogens is 394 g/mol. The number of amides is 2. The van der Waals surface area contributed by atoms with Gasteiger partial charge >= 0.3 is 6.03 Å². The number of piperidine rings is 1. The summed E-state index contributed by atoms with van der Waals surface area (Å²) in [6, 6.07) is 13.6. The van der Waals surface area contributed by atoms with Gasteiger partial charge < -0.3 is 29.3 Å². The summed E-state index contributed by atoms with van der Waals surface area (Å²) in [4.78, 5) is 16.9. The predicted molar refractivity (Wildman–Crippen MR) is 120 cm³/mol. The van der Waals surface area contributed by atoms with Gasteiger partial charge in [0.05, 0.1) is 7.11 Å². The molecule has 0 aliphatic carbocycles. The number of hydrogen-bond donors (Lipinski definition) is 1. The zero-order valence-electron chi connectivity index (χ0n) is 18.3. The first-order valence-corrected chi connectivity index (χ1v) is 10.9. The molecule has 0 spiro atoms. The van der Waals surface area contributed by atoms with E-state index in [1.54, 1.807) is 18.1 Å². The van der Waals surface area contributed by atoms with Gasteiger partial charge in [-0.3, -0.25) is 0 Å². The Balaban J connectivity index is 1.26.